The van der Waals surface area contributed by atoms with Gasteiger partial charge in [-0.2, -0.15) is 0 Å². The van der Waals surface area contributed by atoms with Crippen molar-refractivity contribution in [3.63, 3.8) is 0 Å². The van der Waals surface area contributed by atoms with E-state index in [1.54, 1.807) is 58.7 Å². The number of aliphatic hydroxyl groups excluding tert-OH is 1. The molecule has 468 valence electrons. The van der Waals surface area contributed by atoms with E-state index in [1.807, 2.05) is 46.4 Å². The van der Waals surface area contributed by atoms with Crippen LogP contribution in [0, 0.1) is 17.8 Å². The van der Waals surface area contributed by atoms with Crippen molar-refractivity contribution >= 4 is 19.1 Å². The number of hydrogen-bond acceptors (Lipinski definition) is 11. The Labute approximate surface area is 490 Å². The molecule has 6 fully saturated rings. The van der Waals surface area contributed by atoms with Crippen molar-refractivity contribution < 1.29 is 48.6 Å². The number of methoxy groups -OCH3 is 1. The monoisotopic (exact) mass is 1150 g/mol. The van der Waals surface area contributed by atoms with Crippen LogP contribution < -0.4 is 0 Å². The molecule has 13 heteroatoms. The molecule has 0 aromatic heterocycles. The van der Waals surface area contributed by atoms with Crippen LogP contribution in [0.15, 0.2) is 0 Å². The molecular weight excluding hydrogens is 1020 g/mol. The van der Waals surface area contributed by atoms with Crippen molar-refractivity contribution in [1.29, 1.82) is 0 Å². The largest absolute Gasteiger partial charge is 0.386 e. The van der Waals surface area contributed by atoms with Gasteiger partial charge in [0.2, 0.25) is 5.91 Å². The minimum Gasteiger partial charge on any atom is -0.386 e. The third kappa shape index (κ3) is 18.5. The van der Waals surface area contributed by atoms with E-state index in [1.165, 1.54) is 103 Å². The second-order valence-electron chi connectivity index (χ2n) is 28.9. The molecule has 0 aromatic carbocycles. The van der Waals surface area contributed by atoms with E-state index < -0.39 is 78.7 Å². The summed E-state index contributed by atoms with van der Waals surface area (Å²) in [6.07, 6.45) is 36.0. The summed E-state index contributed by atoms with van der Waals surface area (Å²) in [7, 11) is 4.36. The molecule has 15 atom stereocenters. The Kier molecular flexibility index (Phi) is 27.4. The third-order valence-corrected chi connectivity index (χ3v) is 29.7. The number of ether oxygens (including phenoxy) is 5. The second-order valence-corrected chi connectivity index (χ2v) is 34.1. The Bertz CT molecular complexity index is 1760. The predicted octanol–water partition coefficient (Wildman–Crippen LogP) is 13.9. The number of amides is 1. The molecular formula is C67H125N2O10P. The fourth-order valence-electron chi connectivity index (χ4n) is 17.5. The fraction of sp³-hybridized carbons (Fsp3) is 0.970. The van der Waals surface area contributed by atoms with Crippen LogP contribution in [0.1, 0.15) is 274 Å². The van der Waals surface area contributed by atoms with Gasteiger partial charge in [-0.05, 0) is 93.7 Å². The molecule has 3 saturated carbocycles. The Balaban J connectivity index is 1.07. The maximum absolute atomic E-state index is 14.6. The maximum Gasteiger partial charge on any atom is 0.101 e. The first kappa shape index (κ1) is 68.2. The van der Waals surface area contributed by atoms with Crippen LogP contribution in [-0.4, -0.2) is 160 Å². The number of unbranched alkanes of at least 4 members (excludes halogenated alkanes) is 9. The predicted molar refractivity (Wildman–Crippen MR) is 329 cm³/mol. The van der Waals surface area contributed by atoms with Gasteiger partial charge in [0.15, 0.2) is 6.29 Å². The minimum absolute atomic E-state index is 0.0597. The fourth-order valence-corrected chi connectivity index (χ4v) is 26.0. The summed E-state index contributed by atoms with van der Waals surface area (Å²) in [5, 5.41) is 36.5. The van der Waals surface area contributed by atoms with Gasteiger partial charge in [0, 0.05) is 44.5 Å². The van der Waals surface area contributed by atoms with Gasteiger partial charge in [-0.25, -0.2) is 0 Å². The molecule has 80 heavy (non-hydrogen) atoms. The maximum atomic E-state index is 14.6. The van der Waals surface area contributed by atoms with E-state index in [2.05, 4.69) is 32.8 Å². The number of cyclic esters (lactones) is 1. The topological polar surface area (TPSA) is 147 Å². The number of carbonyl (C=O) groups is 2. The molecule has 3 heterocycles. The standard InChI is InChI=1S/C67H125N2O10P/c1-13-59-66(8,74)45-49(3)69(61(70)39-31-20-18-16-14-15-17-19-21-32-40-80(54-33-25-22-26-34-54,55-35-27-23-28-36-55)56-37-29-24-30-38-56)47-48(2)44-65(7,73)60(78-62-42-53(68(10)11)41-50(4)76-62)43-57(51(5)64(72)79-59)58-46-67(9,75-12)63(71)52(6)77-58/h48-60,62-63,71,73-74,80H,13-47H2,1-12H3/t48-,49-,50-,51-,52+,53+,57?,58-,59-,60-,62+,63+,65-,66+,67-/m1/s1. The average molecular weight is 1150 g/mol. The summed E-state index contributed by atoms with van der Waals surface area (Å²) in [4.78, 5) is 33.3. The summed E-state index contributed by atoms with van der Waals surface area (Å²) >= 11 is 0. The molecule has 3 N–H and O–H groups in total. The Hall–Kier alpha value is -0.950. The van der Waals surface area contributed by atoms with Gasteiger partial charge in [-0.3, -0.25) is 9.59 Å². The van der Waals surface area contributed by atoms with E-state index in [-0.39, 0.29) is 42.9 Å². The number of rotatable bonds is 22. The van der Waals surface area contributed by atoms with Crippen molar-refractivity contribution in [2.75, 3.05) is 33.9 Å². The van der Waals surface area contributed by atoms with Crippen LogP contribution in [0.25, 0.3) is 0 Å². The van der Waals surface area contributed by atoms with Gasteiger partial charge in [-0.1, -0.05) is 20.8 Å². The quantitative estimate of drug-likeness (QED) is 0.0541. The molecule has 6 aliphatic rings. The van der Waals surface area contributed by atoms with Crippen molar-refractivity contribution in [2.24, 2.45) is 17.8 Å². The van der Waals surface area contributed by atoms with Crippen LogP contribution in [0.4, 0.5) is 0 Å². The van der Waals surface area contributed by atoms with Gasteiger partial charge in [0.05, 0.1) is 41.5 Å². The molecule has 3 saturated heterocycles. The summed E-state index contributed by atoms with van der Waals surface area (Å²) in [6.45, 7) is 17.6. The number of hydrogen-bond donors (Lipinski definition) is 3. The van der Waals surface area contributed by atoms with Crippen LogP contribution in [-0.2, 0) is 33.3 Å². The van der Waals surface area contributed by atoms with Crippen LogP contribution in [0.2, 0.25) is 0 Å². The van der Waals surface area contributed by atoms with Gasteiger partial charge < -0.3 is 48.8 Å². The molecule has 3 aliphatic heterocycles. The number of carbonyl (C=O) groups excluding carboxylic acids is 2. The average Bonchev–Trinajstić information content (AvgIpc) is 3.44. The summed E-state index contributed by atoms with van der Waals surface area (Å²) in [6, 6.07) is -0.147. The smallest absolute Gasteiger partial charge is 0.101 e. The normalized spacial score (nSPS) is 38.0. The van der Waals surface area contributed by atoms with Gasteiger partial charge in [0.1, 0.15) is 17.8 Å². The van der Waals surface area contributed by atoms with E-state index >= 15 is 0 Å². The number of esters is 1. The molecule has 3 aliphatic carbocycles. The minimum atomic E-state index is -1.43. The Morgan fingerprint density at radius 2 is 1.23 bits per heavy atom. The molecule has 0 radical (unpaired) electrons. The zero-order valence-electron chi connectivity index (χ0n) is 53.5. The Morgan fingerprint density at radius 1 is 0.700 bits per heavy atom. The first-order valence-electron chi connectivity index (χ1n) is 33.9. The summed E-state index contributed by atoms with van der Waals surface area (Å²) in [5.41, 5.74) is -0.437. The summed E-state index contributed by atoms with van der Waals surface area (Å²) < 4.78 is 32.4. The van der Waals surface area contributed by atoms with E-state index in [0.29, 0.717) is 38.6 Å². The first-order valence-corrected chi connectivity index (χ1v) is 36.3. The van der Waals surface area contributed by atoms with Crippen LogP contribution in [0.3, 0.4) is 0 Å². The van der Waals surface area contributed by atoms with Crippen molar-refractivity contribution in [1.82, 2.24) is 9.80 Å². The summed E-state index contributed by atoms with van der Waals surface area (Å²) in [5.74, 6) is -1.86. The van der Waals surface area contributed by atoms with E-state index in [4.69, 9.17) is 23.7 Å². The van der Waals surface area contributed by atoms with E-state index in [0.717, 1.165) is 42.7 Å². The first-order chi connectivity index (χ1) is 38.0. The van der Waals surface area contributed by atoms with Crippen LogP contribution in [0.5, 0.6) is 0 Å². The second kappa shape index (κ2) is 32.2. The van der Waals surface area contributed by atoms with E-state index in [9.17, 15) is 24.9 Å². The van der Waals surface area contributed by atoms with Crippen molar-refractivity contribution in [2.45, 2.75) is 363 Å². The van der Waals surface area contributed by atoms with Crippen LogP contribution >= 0.6 is 7.26 Å². The number of nitrogens with zero attached hydrogens (tertiary/aromatic N) is 2. The van der Waals surface area contributed by atoms with Crippen molar-refractivity contribution in [3.05, 3.63) is 0 Å². The van der Waals surface area contributed by atoms with Gasteiger partial charge in [-0.15, -0.1) is 0 Å². The Morgan fingerprint density at radius 3 is 1.74 bits per heavy atom. The zero-order valence-corrected chi connectivity index (χ0v) is 54.5. The third-order valence-electron chi connectivity index (χ3n) is 22.2. The van der Waals surface area contributed by atoms with Gasteiger partial charge in [0.25, 0.3) is 0 Å². The molecule has 0 spiro atoms. The zero-order chi connectivity index (χ0) is 58.3. The molecule has 1 amide bonds. The molecule has 0 bridgehead atoms. The van der Waals surface area contributed by atoms with Gasteiger partial charge >= 0.3 is 203 Å². The SMILES string of the molecule is CC[C@H]1OC(=O)[C@H](C)C([C@H]2C[C@@](C)(OC)[C@@H](O)[C@H](C)O2)C[C@@H](O[C@H]2C[C@@H](N(C)C)C[C@@H](C)O2)[C@](C)(O)C[C@@H](C)CN(C(=O)CCCCCCCCCCCC[PH](C2CCCCC2)(C2CCCCC2)C2CCCCC2)[C@H](C)C[C@]1(C)O. The molecule has 1 unspecified atom stereocenters. The molecule has 12 nitrogen and oxygen atoms in total. The molecule has 0 aromatic rings. The molecule has 6 rings (SSSR count). The van der Waals surface area contributed by atoms with Crippen molar-refractivity contribution in [3.8, 4) is 0 Å². The number of aliphatic hydroxyl groups is 3.